The molecule has 3 aromatic rings. The molecule has 3 aromatic carbocycles. The smallest absolute Gasteiger partial charge is 0.399 e. The number of carboxylic acid groups (broad SMARTS) is 1. The minimum Gasteiger partial charge on any atom is -0.478 e. The Labute approximate surface area is 208 Å². The molecule has 0 amide bonds. The van der Waals surface area contributed by atoms with E-state index in [4.69, 9.17) is 5.11 Å². The van der Waals surface area contributed by atoms with Crippen LogP contribution in [-0.4, -0.2) is 23.8 Å². The van der Waals surface area contributed by atoms with Crippen LogP contribution >= 0.6 is 23.5 Å². The topological polar surface area (TPSA) is 110 Å². The second-order valence-corrected chi connectivity index (χ2v) is 12.0. The summed E-state index contributed by atoms with van der Waals surface area (Å²) in [7, 11) is -8.57. The van der Waals surface area contributed by atoms with Crippen molar-refractivity contribution < 1.29 is 41.4 Å². The van der Waals surface area contributed by atoms with Gasteiger partial charge in [0.1, 0.15) is 0 Å². The van der Waals surface area contributed by atoms with Gasteiger partial charge >= 0.3 is 13.6 Å². The molecule has 0 radical (unpaired) electrons. The first-order valence-electron chi connectivity index (χ1n) is 9.92. The van der Waals surface area contributed by atoms with Gasteiger partial charge in [0.2, 0.25) is 10.0 Å². The molecule has 13 heteroatoms. The molecular formula is C22H19BrF2NO7PS. The number of carboxylic acids is 1. The van der Waals surface area contributed by atoms with Gasteiger partial charge in [-0.2, -0.15) is 4.31 Å². The first-order valence-corrected chi connectivity index (χ1v) is 13.9. The van der Waals surface area contributed by atoms with E-state index in [2.05, 4.69) is 25.4 Å². The van der Waals surface area contributed by atoms with E-state index in [-0.39, 0.29) is 29.1 Å². The maximum absolute atomic E-state index is 13.4. The van der Waals surface area contributed by atoms with Gasteiger partial charge in [0.15, 0.2) is 0 Å². The Kier molecular flexibility index (Phi) is 8.92. The number of carbonyl (C=O) groups is 1. The normalized spacial score (nSPS) is 12.1. The van der Waals surface area contributed by atoms with Crippen molar-refractivity contribution in [1.82, 2.24) is 4.31 Å². The van der Waals surface area contributed by atoms with Crippen LogP contribution in [0.25, 0.3) is 0 Å². The Balaban J connectivity index is 1.93. The monoisotopic (exact) mass is 589 g/mol. The molecular weight excluding hydrogens is 571 g/mol. The zero-order chi connectivity index (χ0) is 25.6. The molecule has 0 bridgehead atoms. The average molecular weight is 590 g/mol. The highest BCUT2D eigenvalue weighted by Gasteiger charge is 2.30. The van der Waals surface area contributed by atoms with Crippen LogP contribution in [0, 0.1) is 0 Å². The quantitative estimate of drug-likeness (QED) is 0.272. The van der Waals surface area contributed by atoms with Crippen molar-refractivity contribution in [2.45, 2.75) is 24.1 Å². The second-order valence-electron chi connectivity index (χ2n) is 7.42. The van der Waals surface area contributed by atoms with Crippen molar-refractivity contribution in [3.8, 4) is 0 Å². The molecule has 0 unspecified atom stereocenters. The van der Waals surface area contributed by atoms with Crippen molar-refractivity contribution in [1.29, 1.82) is 0 Å². The summed E-state index contributed by atoms with van der Waals surface area (Å²) in [5.41, 5.74) is 1.36. The maximum atomic E-state index is 13.4. The number of hydrogen-bond donors (Lipinski definition) is 1. The van der Waals surface area contributed by atoms with E-state index in [1.54, 1.807) is 18.2 Å². The highest BCUT2D eigenvalue weighted by Crippen LogP contribution is 2.53. The van der Waals surface area contributed by atoms with Gasteiger partial charge in [-0.05, 0) is 56.1 Å². The first kappa shape index (κ1) is 27.1. The van der Waals surface area contributed by atoms with Crippen molar-refractivity contribution in [2.24, 2.45) is 0 Å². The third-order valence-corrected chi connectivity index (χ3v) is 8.68. The lowest BCUT2D eigenvalue weighted by Gasteiger charge is -2.23. The predicted octanol–water partition coefficient (Wildman–Crippen LogP) is 6.03. The van der Waals surface area contributed by atoms with Gasteiger partial charge in [-0.15, -0.1) is 9.46 Å². The summed E-state index contributed by atoms with van der Waals surface area (Å²) in [6.45, 7) is -0.148. The zero-order valence-corrected chi connectivity index (χ0v) is 21.2. The number of aromatic carboxylic acids is 1. The molecule has 0 fully saturated rings. The summed E-state index contributed by atoms with van der Waals surface area (Å²) in [6, 6.07) is 18.1. The molecule has 0 aliphatic carbocycles. The molecule has 0 saturated heterocycles. The highest BCUT2D eigenvalue weighted by atomic mass is 79.9. The molecule has 8 nitrogen and oxygen atoms in total. The lowest BCUT2D eigenvalue weighted by molar-refractivity contribution is -0.0881. The Morgan fingerprint density at radius 1 is 0.943 bits per heavy atom. The Bertz CT molecular complexity index is 1330. The van der Waals surface area contributed by atoms with Gasteiger partial charge in [0, 0.05) is 17.6 Å². The molecule has 0 spiro atoms. The molecule has 0 saturated carbocycles. The summed E-state index contributed by atoms with van der Waals surface area (Å²) in [5, 5.41) is 9.10. The summed E-state index contributed by atoms with van der Waals surface area (Å²) >= 11 is 3.23. The van der Waals surface area contributed by atoms with Crippen molar-refractivity contribution in [3.63, 3.8) is 0 Å². The molecule has 0 heterocycles. The Hall–Kier alpha value is -2.47. The largest absolute Gasteiger partial charge is 0.478 e. The van der Waals surface area contributed by atoms with Gasteiger partial charge in [0.05, 0.1) is 16.6 Å². The van der Waals surface area contributed by atoms with Crippen molar-refractivity contribution in [2.75, 3.05) is 0 Å². The van der Waals surface area contributed by atoms with Gasteiger partial charge in [-0.25, -0.2) is 13.2 Å². The fourth-order valence-electron chi connectivity index (χ4n) is 3.21. The molecule has 0 atom stereocenters. The van der Waals surface area contributed by atoms with Crippen LogP contribution in [0.4, 0.5) is 9.05 Å². The fourth-order valence-corrected chi connectivity index (χ4v) is 6.25. The van der Waals surface area contributed by atoms with E-state index < -0.39 is 29.8 Å². The Morgan fingerprint density at radius 3 is 2.06 bits per heavy atom. The second kappa shape index (κ2) is 11.5. The number of hydrogen-bond acceptors (Lipinski definition) is 6. The van der Waals surface area contributed by atoms with Crippen LogP contribution in [0.15, 0.2) is 82.2 Å². The molecule has 186 valence electrons. The lowest BCUT2D eigenvalue weighted by atomic mass is 10.1. The van der Waals surface area contributed by atoms with E-state index in [1.807, 2.05) is 0 Å². The summed E-state index contributed by atoms with van der Waals surface area (Å²) < 4.78 is 71.2. The fraction of sp³-hybridized carbons (Fsp3) is 0.136. The van der Waals surface area contributed by atoms with Crippen LogP contribution in [0.5, 0.6) is 0 Å². The molecule has 0 aromatic heterocycles. The lowest BCUT2D eigenvalue weighted by Crippen LogP contribution is -2.30. The number of sulfonamides is 1. The van der Waals surface area contributed by atoms with Crippen molar-refractivity contribution >= 4 is 39.5 Å². The number of benzene rings is 3. The summed E-state index contributed by atoms with van der Waals surface area (Å²) in [4.78, 5) is 11.2. The maximum Gasteiger partial charge on any atom is 0.399 e. The van der Waals surface area contributed by atoms with Gasteiger partial charge in [-0.1, -0.05) is 58.4 Å². The zero-order valence-electron chi connectivity index (χ0n) is 17.9. The van der Waals surface area contributed by atoms with E-state index in [9.17, 15) is 26.8 Å². The standard InChI is InChI=1S/C22H19BrF2NO7PS/c23-21-12-17(8-11-19(21)15-34(29,32-24)33-25)14-26(35(30,31)20-4-2-1-3-5-20)13-16-6-9-18(10-7-16)22(27)28/h1-12H,13-15H2,(H,27,28). The third-order valence-electron chi connectivity index (χ3n) is 4.99. The number of nitrogens with zero attached hydrogens (tertiary/aromatic N) is 1. The van der Waals surface area contributed by atoms with Crippen LogP contribution in [0.2, 0.25) is 0 Å². The molecule has 0 aliphatic heterocycles. The van der Waals surface area contributed by atoms with Crippen molar-refractivity contribution in [3.05, 3.63) is 99.5 Å². The number of halogens is 3. The summed E-state index contributed by atoms with van der Waals surface area (Å²) in [6.07, 6.45) is -0.692. The predicted molar refractivity (Wildman–Crippen MR) is 126 cm³/mol. The average Bonchev–Trinajstić information content (AvgIpc) is 2.86. The van der Waals surface area contributed by atoms with Gasteiger partial charge in [-0.3, -0.25) is 4.57 Å². The Morgan fingerprint density at radius 2 is 1.51 bits per heavy atom. The minimum absolute atomic E-state index is 0.0585. The highest BCUT2D eigenvalue weighted by molar-refractivity contribution is 9.10. The third kappa shape index (κ3) is 6.81. The van der Waals surface area contributed by atoms with Crippen LogP contribution < -0.4 is 0 Å². The number of rotatable bonds is 11. The summed E-state index contributed by atoms with van der Waals surface area (Å²) in [5.74, 6) is -1.10. The molecule has 35 heavy (non-hydrogen) atoms. The molecule has 1 N–H and O–H groups in total. The van der Waals surface area contributed by atoms with E-state index >= 15 is 0 Å². The van der Waals surface area contributed by atoms with Gasteiger partial charge in [0.25, 0.3) is 0 Å². The van der Waals surface area contributed by atoms with Crippen LogP contribution in [0.1, 0.15) is 27.0 Å². The van der Waals surface area contributed by atoms with Crippen LogP contribution in [0.3, 0.4) is 0 Å². The van der Waals surface area contributed by atoms with Gasteiger partial charge < -0.3 is 5.11 Å². The first-order chi connectivity index (χ1) is 16.6. The van der Waals surface area contributed by atoms with E-state index in [0.717, 1.165) is 0 Å². The van der Waals surface area contributed by atoms with E-state index in [0.29, 0.717) is 15.6 Å². The minimum atomic E-state index is -4.61. The molecule has 0 aliphatic rings. The van der Waals surface area contributed by atoms with Crippen LogP contribution in [-0.2, 0) is 43.3 Å². The molecule has 3 rings (SSSR count). The SMILES string of the molecule is O=C(O)c1ccc(CN(Cc2ccc(CP(=O)(OF)OF)c(Br)c2)S(=O)(=O)c2ccccc2)cc1. The van der Waals surface area contributed by atoms with E-state index in [1.165, 1.54) is 58.9 Å².